The number of nitrogens with one attached hydrogen (secondary N) is 1. The summed E-state index contributed by atoms with van der Waals surface area (Å²) in [5, 5.41) is 0. The molecular weight excluding hydrogens is 224 g/mol. The monoisotopic (exact) mass is 242 g/mol. The van der Waals surface area contributed by atoms with Crippen molar-refractivity contribution >= 4 is 0 Å². The number of pyridine rings is 1. The fraction of sp³-hybridized carbons (Fsp3) is 0.400. The van der Waals surface area contributed by atoms with Gasteiger partial charge in [0.05, 0.1) is 5.54 Å². The molecule has 3 N–H and O–H groups in total. The lowest BCUT2D eigenvalue weighted by atomic mass is 9.70. The molecule has 0 fully saturated rings. The van der Waals surface area contributed by atoms with E-state index in [0.717, 1.165) is 17.7 Å². The van der Waals surface area contributed by atoms with Crippen LogP contribution in [-0.2, 0) is 11.0 Å². The zero-order valence-electron chi connectivity index (χ0n) is 11.0. The summed E-state index contributed by atoms with van der Waals surface area (Å²) in [7, 11) is 0. The third kappa shape index (κ3) is 1.15. The fourth-order valence-electron chi connectivity index (χ4n) is 3.88. The van der Waals surface area contributed by atoms with Crippen LogP contribution in [-0.4, -0.2) is 4.98 Å². The van der Waals surface area contributed by atoms with Gasteiger partial charge in [-0.1, -0.05) is 17.7 Å². The summed E-state index contributed by atoms with van der Waals surface area (Å²) in [5.74, 6) is 0. The molecule has 0 spiro atoms. The molecule has 2 atom stereocenters. The van der Waals surface area contributed by atoms with Crippen molar-refractivity contribution in [2.45, 2.75) is 38.1 Å². The molecule has 0 amide bonds. The highest BCUT2D eigenvalue weighted by Crippen LogP contribution is 2.56. The summed E-state index contributed by atoms with van der Waals surface area (Å²) in [6, 6.07) is 3.45. The highest BCUT2D eigenvalue weighted by atomic mass is 16.1. The van der Waals surface area contributed by atoms with Crippen molar-refractivity contribution in [1.29, 1.82) is 0 Å². The maximum atomic E-state index is 11.6. The molecule has 0 saturated carbocycles. The molecule has 3 rings (SSSR count). The van der Waals surface area contributed by atoms with Crippen molar-refractivity contribution in [2.24, 2.45) is 5.73 Å². The van der Waals surface area contributed by atoms with Crippen LogP contribution in [0.15, 0.2) is 40.2 Å². The van der Waals surface area contributed by atoms with E-state index in [4.69, 9.17) is 5.73 Å². The van der Waals surface area contributed by atoms with E-state index in [0.29, 0.717) is 0 Å². The molecule has 0 radical (unpaired) electrons. The summed E-state index contributed by atoms with van der Waals surface area (Å²) < 4.78 is 0. The number of aromatic nitrogens is 1. The Hall–Kier alpha value is -1.61. The van der Waals surface area contributed by atoms with Crippen LogP contribution in [0.2, 0.25) is 0 Å². The molecule has 2 aliphatic rings. The maximum absolute atomic E-state index is 11.6. The van der Waals surface area contributed by atoms with Gasteiger partial charge in [-0.3, -0.25) is 4.79 Å². The van der Waals surface area contributed by atoms with Crippen molar-refractivity contribution in [3.05, 3.63) is 57.0 Å². The van der Waals surface area contributed by atoms with Crippen LogP contribution in [0.5, 0.6) is 0 Å². The molecular formula is C15H18N2O. The standard InChI is InChI=1S/C15H18N2O/c1-4-11-14(3)7-9(2)8-15(11,16)10-5-6-12(18)17-13(10)14/h4-7H,8,16H2,1-3H3,(H,17,18)/b11-4+/t14?,15-/m0/s1. The first-order valence-electron chi connectivity index (χ1n) is 6.30. The van der Waals surface area contributed by atoms with Crippen molar-refractivity contribution in [2.75, 3.05) is 0 Å². The van der Waals surface area contributed by atoms with Crippen LogP contribution in [0.25, 0.3) is 0 Å². The quantitative estimate of drug-likeness (QED) is 0.684. The van der Waals surface area contributed by atoms with E-state index in [1.54, 1.807) is 6.07 Å². The van der Waals surface area contributed by atoms with Gasteiger partial charge in [-0.05, 0) is 44.4 Å². The second kappa shape index (κ2) is 3.23. The molecule has 2 aliphatic carbocycles. The number of rotatable bonds is 0. The Kier molecular flexibility index (Phi) is 2.06. The number of aromatic amines is 1. The molecule has 0 saturated heterocycles. The van der Waals surface area contributed by atoms with E-state index in [1.807, 2.05) is 13.0 Å². The number of hydrogen-bond donors (Lipinski definition) is 2. The smallest absolute Gasteiger partial charge is 0.248 e. The zero-order valence-corrected chi connectivity index (χ0v) is 11.0. The number of allylic oxidation sites excluding steroid dienone is 2. The first-order valence-corrected chi connectivity index (χ1v) is 6.30. The highest BCUT2D eigenvalue weighted by Gasteiger charge is 2.54. The minimum Gasteiger partial charge on any atom is -0.325 e. The first kappa shape index (κ1) is 11.5. The fourth-order valence-corrected chi connectivity index (χ4v) is 3.88. The maximum Gasteiger partial charge on any atom is 0.248 e. The zero-order chi connectivity index (χ0) is 13.1. The molecule has 94 valence electrons. The first-order chi connectivity index (χ1) is 8.41. The van der Waals surface area contributed by atoms with Crippen LogP contribution in [0.3, 0.4) is 0 Å². The number of nitrogens with two attached hydrogens (primary N) is 1. The van der Waals surface area contributed by atoms with Crippen molar-refractivity contribution in [1.82, 2.24) is 4.98 Å². The predicted molar refractivity (Wildman–Crippen MR) is 72.4 cm³/mol. The summed E-state index contributed by atoms with van der Waals surface area (Å²) >= 11 is 0. The Morgan fingerprint density at radius 1 is 1.44 bits per heavy atom. The lowest BCUT2D eigenvalue weighted by Gasteiger charge is -2.37. The van der Waals surface area contributed by atoms with Gasteiger partial charge in [0.25, 0.3) is 0 Å². The van der Waals surface area contributed by atoms with Crippen LogP contribution >= 0.6 is 0 Å². The van der Waals surface area contributed by atoms with E-state index in [1.165, 1.54) is 11.1 Å². The Labute approximate surface area is 106 Å². The molecule has 0 aliphatic heterocycles. The molecule has 1 aromatic heterocycles. The van der Waals surface area contributed by atoms with Gasteiger partial charge in [0.1, 0.15) is 0 Å². The molecule has 3 heteroatoms. The summed E-state index contributed by atoms with van der Waals surface area (Å²) in [6.45, 7) is 6.26. The second-order valence-electron chi connectivity index (χ2n) is 5.65. The lowest BCUT2D eigenvalue weighted by molar-refractivity contribution is 0.475. The van der Waals surface area contributed by atoms with Crippen molar-refractivity contribution < 1.29 is 0 Å². The van der Waals surface area contributed by atoms with Crippen molar-refractivity contribution in [3.8, 4) is 0 Å². The molecule has 18 heavy (non-hydrogen) atoms. The number of fused-ring (bicyclic) bond motifs is 5. The van der Waals surface area contributed by atoms with Gasteiger partial charge >= 0.3 is 0 Å². The van der Waals surface area contributed by atoms with Gasteiger partial charge in [0.15, 0.2) is 0 Å². The molecule has 3 nitrogen and oxygen atoms in total. The van der Waals surface area contributed by atoms with Crippen molar-refractivity contribution in [3.63, 3.8) is 0 Å². The number of hydrogen-bond acceptors (Lipinski definition) is 2. The third-order valence-corrected chi connectivity index (χ3v) is 4.34. The van der Waals surface area contributed by atoms with Gasteiger partial charge in [-0.15, -0.1) is 0 Å². The molecule has 1 unspecified atom stereocenters. The van der Waals surface area contributed by atoms with Gasteiger partial charge < -0.3 is 10.7 Å². The highest BCUT2D eigenvalue weighted by molar-refractivity contribution is 5.61. The second-order valence-corrected chi connectivity index (χ2v) is 5.65. The van der Waals surface area contributed by atoms with E-state index < -0.39 is 5.54 Å². The van der Waals surface area contributed by atoms with E-state index >= 15 is 0 Å². The molecule has 0 aromatic carbocycles. The summed E-state index contributed by atoms with van der Waals surface area (Å²) in [4.78, 5) is 14.6. The Morgan fingerprint density at radius 2 is 2.17 bits per heavy atom. The lowest BCUT2D eigenvalue weighted by Crippen LogP contribution is -2.41. The van der Waals surface area contributed by atoms with Gasteiger partial charge in [-0.2, -0.15) is 0 Å². The number of H-pyrrole nitrogens is 1. The normalized spacial score (nSPS) is 35.6. The molecule has 1 heterocycles. The van der Waals surface area contributed by atoms with Crippen LogP contribution in [0.4, 0.5) is 0 Å². The average Bonchev–Trinajstić information content (AvgIpc) is 2.38. The van der Waals surface area contributed by atoms with E-state index in [9.17, 15) is 4.79 Å². The average molecular weight is 242 g/mol. The summed E-state index contributed by atoms with van der Waals surface area (Å²) in [5.41, 5.74) is 10.4. The molecule has 1 aromatic rings. The van der Waals surface area contributed by atoms with E-state index in [2.05, 4.69) is 31.0 Å². The largest absolute Gasteiger partial charge is 0.325 e. The molecule has 2 bridgehead atoms. The summed E-state index contributed by atoms with van der Waals surface area (Å²) in [6.07, 6.45) is 5.15. The Bertz CT molecular complexity index is 653. The van der Waals surface area contributed by atoms with Gasteiger partial charge in [-0.25, -0.2) is 0 Å². The van der Waals surface area contributed by atoms with Gasteiger partial charge in [0.2, 0.25) is 5.56 Å². The SMILES string of the molecule is C/C=C1\C2(C)C=C(C)C[C@]1(N)c1ccc(=O)[nH]c12. The van der Waals surface area contributed by atoms with Crippen LogP contribution in [0.1, 0.15) is 38.4 Å². The van der Waals surface area contributed by atoms with E-state index in [-0.39, 0.29) is 11.0 Å². The Morgan fingerprint density at radius 3 is 2.83 bits per heavy atom. The minimum atomic E-state index is -0.456. The topological polar surface area (TPSA) is 58.9 Å². The minimum absolute atomic E-state index is 0.0624. The predicted octanol–water partition coefficient (Wildman–Crippen LogP) is 2.10. The third-order valence-electron chi connectivity index (χ3n) is 4.34. The Balaban J connectivity index is 2.44. The van der Waals surface area contributed by atoms with Crippen LogP contribution < -0.4 is 11.3 Å². The van der Waals surface area contributed by atoms with Gasteiger partial charge in [0, 0.05) is 17.2 Å². The van der Waals surface area contributed by atoms with Crippen LogP contribution in [0, 0.1) is 0 Å².